The van der Waals surface area contributed by atoms with Crippen molar-refractivity contribution >= 4 is 29.5 Å². The van der Waals surface area contributed by atoms with Crippen molar-refractivity contribution in [2.24, 2.45) is 11.7 Å². The summed E-state index contributed by atoms with van der Waals surface area (Å²) >= 11 is 0. The third kappa shape index (κ3) is 9.82. The van der Waals surface area contributed by atoms with E-state index in [1.165, 1.54) is 6.92 Å². The third-order valence-electron chi connectivity index (χ3n) is 2.60. The van der Waals surface area contributed by atoms with Crippen LogP contribution in [0.1, 0.15) is 20.8 Å². The van der Waals surface area contributed by atoms with Crippen LogP contribution in [0.3, 0.4) is 0 Å². The smallest absolute Gasteiger partial charge is 0.242 e. The molecule has 0 heterocycles. The number of hydrogen-bond donors (Lipinski definition) is 5. The number of carbonyl (C=O) groups is 5. The highest BCUT2D eigenvalue weighted by Crippen LogP contribution is 1.89. The predicted molar refractivity (Wildman–Crippen MR) is 80.7 cm³/mol. The maximum atomic E-state index is 11.6. The van der Waals surface area contributed by atoms with Gasteiger partial charge in [-0.15, -0.1) is 0 Å². The van der Waals surface area contributed by atoms with Crippen molar-refractivity contribution < 1.29 is 24.0 Å². The van der Waals surface area contributed by atoms with Gasteiger partial charge in [0.2, 0.25) is 29.5 Å². The van der Waals surface area contributed by atoms with E-state index >= 15 is 0 Å². The largest absolute Gasteiger partial charge is 0.368 e. The Morgan fingerprint density at radius 1 is 0.783 bits per heavy atom. The molecule has 10 nitrogen and oxygen atoms in total. The molecule has 0 saturated heterocycles. The Labute approximate surface area is 133 Å². The van der Waals surface area contributed by atoms with E-state index in [4.69, 9.17) is 5.73 Å². The second-order valence-electron chi connectivity index (χ2n) is 5.12. The maximum absolute atomic E-state index is 11.6. The Bertz CT molecular complexity index is 477. The molecule has 0 aromatic heterocycles. The number of nitrogens with two attached hydrogens (primary N) is 1. The van der Waals surface area contributed by atoms with Crippen molar-refractivity contribution in [1.29, 1.82) is 0 Å². The van der Waals surface area contributed by atoms with Gasteiger partial charge in [0.25, 0.3) is 0 Å². The minimum absolute atomic E-state index is 0.237. The lowest BCUT2D eigenvalue weighted by Crippen LogP contribution is -2.50. The van der Waals surface area contributed by atoms with Gasteiger partial charge in [0.15, 0.2) is 0 Å². The Hall–Kier alpha value is -2.65. The Morgan fingerprint density at radius 3 is 1.83 bits per heavy atom. The lowest BCUT2D eigenvalue weighted by atomic mass is 10.2. The molecule has 0 fully saturated rings. The summed E-state index contributed by atoms with van der Waals surface area (Å²) in [5, 5.41) is 9.27. The molecule has 0 aliphatic carbocycles. The second-order valence-corrected chi connectivity index (χ2v) is 5.12. The van der Waals surface area contributed by atoms with Crippen LogP contribution in [0.4, 0.5) is 0 Å². The van der Waals surface area contributed by atoms with Crippen molar-refractivity contribution in [2.75, 3.05) is 19.6 Å². The van der Waals surface area contributed by atoms with Crippen LogP contribution >= 0.6 is 0 Å². The number of carbonyl (C=O) groups excluding carboxylic acids is 5. The molecular formula is C13H23N5O5. The van der Waals surface area contributed by atoms with Gasteiger partial charge in [0.1, 0.15) is 6.04 Å². The summed E-state index contributed by atoms with van der Waals surface area (Å²) in [4.78, 5) is 56.3. The van der Waals surface area contributed by atoms with Gasteiger partial charge in [-0.25, -0.2) is 0 Å². The summed E-state index contributed by atoms with van der Waals surface area (Å²) in [5.74, 6) is -2.91. The lowest BCUT2D eigenvalue weighted by molar-refractivity contribution is -0.130. The summed E-state index contributed by atoms with van der Waals surface area (Å²) in [6.07, 6.45) is 0. The number of hydrogen-bond acceptors (Lipinski definition) is 5. The SMILES string of the molecule is CC(C)C(=O)NCC(=O)NCC(=O)N[C@@H](C)C(=O)NCC(N)=O. The number of nitrogens with one attached hydrogen (secondary N) is 4. The molecule has 1 atom stereocenters. The van der Waals surface area contributed by atoms with E-state index in [1.807, 2.05) is 0 Å². The van der Waals surface area contributed by atoms with Crippen LogP contribution < -0.4 is 27.0 Å². The van der Waals surface area contributed by atoms with Crippen molar-refractivity contribution in [2.45, 2.75) is 26.8 Å². The molecule has 0 bridgehead atoms. The van der Waals surface area contributed by atoms with Gasteiger partial charge in [-0.05, 0) is 6.92 Å². The van der Waals surface area contributed by atoms with Crippen LogP contribution in [0.5, 0.6) is 0 Å². The second kappa shape index (κ2) is 10.1. The minimum atomic E-state index is -0.889. The normalized spacial score (nSPS) is 11.3. The fraction of sp³-hybridized carbons (Fsp3) is 0.615. The van der Waals surface area contributed by atoms with Gasteiger partial charge < -0.3 is 27.0 Å². The first kappa shape index (κ1) is 20.3. The van der Waals surface area contributed by atoms with Crippen LogP contribution in [0.15, 0.2) is 0 Å². The number of amides is 5. The van der Waals surface area contributed by atoms with Crippen LogP contribution in [0.25, 0.3) is 0 Å². The average molecular weight is 329 g/mol. The van der Waals surface area contributed by atoms with E-state index in [9.17, 15) is 24.0 Å². The molecule has 0 saturated carbocycles. The fourth-order valence-electron chi connectivity index (χ4n) is 1.30. The zero-order valence-corrected chi connectivity index (χ0v) is 13.4. The molecule has 0 aliphatic rings. The first-order valence-electron chi connectivity index (χ1n) is 7.03. The van der Waals surface area contributed by atoms with E-state index < -0.39 is 29.7 Å². The molecule has 0 aliphatic heterocycles. The van der Waals surface area contributed by atoms with Crippen LogP contribution in [-0.4, -0.2) is 55.2 Å². The van der Waals surface area contributed by atoms with Crippen molar-refractivity contribution in [3.63, 3.8) is 0 Å². The zero-order valence-electron chi connectivity index (χ0n) is 13.4. The van der Waals surface area contributed by atoms with Crippen LogP contribution in [0, 0.1) is 5.92 Å². The molecular weight excluding hydrogens is 306 g/mol. The predicted octanol–water partition coefficient (Wildman–Crippen LogP) is -3.02. The molecule has 0 aromatic carbocycles. The molecule has 0 unspecified atom stereocenters. The molecule has 5 amide bonds. The molecule has 23 heavy (non-hydrogen) atoms. The van der Waals surface area contributed by atoms with Crippen LogP contribution in [-0.2, 0) is 24.0 Å². The fourth-order valence-corrected chi connectivity index (χ4v) is 1.30. The summed E-state index contributed by atoms with van der Waals surface area (Å²) in [7, 11) is 0. The monoisotopic (exact) mass is 329 g/mol. The van der Waals surface area contributed by atoms with Gasteiger partial charge in [-0.1, -0.05) is 13.8 Å². The first-order valence-corrected chi connectivity index (χ1v) is 7.03. The number of rotatable bonds is 9. The standard InChI is InChI=1S/C13H23N5O5/c1-7(2)12(22)17-5-10(20)15-6-11(21)18-8(3)13(23)16-4-9(14)19/h7-8H,4-6H2,1-3H3,(H2,14,19)(H,15,20)(H,16,23)(H,17,22)(H,18,21)/t8-/m0/s1. The Kier molecular flexibility index (Phi) is 8.97. The van der Waals surface area contributed by atoms with Crippen molar-refractivity contribution in [3.8, 4) is 0 Å². The van der Waals surface area contributed by atoms with E-state index in [0.29, 0.717) is 0 Å². The lowest BCUT2D eigenvalue weighted by Gasteiger charge is -2.14. The summed E-state index contributed by atoms with van der Waals surface area (Å²) in [5.41, 5.74) is 4.87. The first-order chi connectivity index (χ1) is 10.6. The highest BCUT2D eigenvalue weighted by Gasteiger charge is 2.16. The molecule has 10 heteroatoms. The van der Waals surface area contributed by atoms with Crippen LogP contribution in [0.2, 0.25) is 0 Å². The highest BCUT2D eigenvalue weighted by molar-refractivity contribution is 5.92. The van der Waals surface area contributed by atoms with Gasteiger partial charge in [0.05, 0.1) is 19.6 Å². The molecule has 130 valence electrons. The number of primary amides is 1. The maximum Gasteiger partial charge on any atom is 0.242 e. The van der Waals surface area contributed by atoms with E-state index in [2.05, 4.69) is 21.3 Å². The topological polar surface area (TPSA) is 159 Å². The Morgan fingerprint density at radius 2 is 1.30 bits per heavy atom. The van der Waals surface area contributed by atoms with Gasteiger partial charge in [-0.2, -0.15) is 0 Å². The summed E-state index contributed by atoms with van der Waals surface area (Å²) < 4.78 is 0. The average Bonchev–Trinajstić information content (AvgIpc) is 2.47. The Balaban J connectivity index is 4.01. The van der Waals surface area contributed by atoms with Crippen molar-refractivity contribution in [3.05, 3.63) is 0 Å². The third-order valence-corrected chi connectivity index (χ3v) is 2.60. The highest BCUT2D eigenvalue weighted by atomic mass is 16.2. The van der Waals surface area contributed by atoms with E-state index in [1.54, 1.807) is 13.8 Å². The van der Waals surface area contributed by atoms with E-state index in [-0.39, 0.29) is 31.5 Å². The summed E-state index contributed by atoms with van der Waals surface area (Å²) in [6.45, 7) is 3.88. The molecule has 6 N–H and O–H groups in total. The summed E-state index contributed by atoms with van der Waals surface area (Å²) in [6, 6.07) is -0.889. The zero-order chi connectivity index (χ0) is 18.0. The molecule has 0 rings (SSSR count). The quantitative estimate of drug-likeness (QED) is 0.304. The van der Waals surface area contributed by atoms with E-state index in [0.717, 1.165) is 0 Å². The minimum Gasteiger partial charge on any atom is -0.368 e. The van der Waals surface area contributed by atoms with Crippen molar-refractivity contribution in [1.82, 2.24) is 21.3 Å². The molecule has 0 spiro atoms. The van der Waals surface area contributed by atoms with Gasteiger partial charge in [-0.3, -0.25) is 24.0 Å². The van der Waals surface area contributed by atoms with Gasteiger partial charge in [0, 0.05) is 5.92 Å². The molecule has 0 aromatic rings. The molecule has 0 radical (unpaired) electrons. The van der Waals surface area contributed by atoms with Gasteiger partial charge >= 0.3 is 0 Å².